The number of methoxy groups -OCH3 is 2. The summed E-state index contributed by atoms with van der Waals surface area (Å²) in [5, 5.41) is 34.2. The summed E-state index contributed by atoms with van der Waals surface area (Å²) in [6.07, 6.45) is 11.1. The molecular weight excluding hydrogens is 937 g/mol. The summed E-state index contributed by atoms with van der Waals surface area (Å²) < 4.78 is 23.8. The monoisotopic (exact) mass is 1020 g/mol. The number of nitrogens with two attached hydrogens (primary N) is 2. The van der Waals surface area contributed by atoms with Gasteiger partial charge in [-0.05, 0) is 108 Å². The number of hydrogen-bond acceptors (Lipinski definition) is 13. The Morgan fingerprint density at radius 3 is 2.30 bits per heavy atom. The first-order valence-corrected chi connectivity index (χ1v) is 26.4. The van der Waals surface area contributed by atoms with Crippen molar-refractivity contribution in [2.45, 2.75) is 174 Å². The van der Waals surface area contributed by atoms with Gasteiger partial charge in [0.1, 0.15) is 30.1 Å². The van der Waals surface area contributed by atoms with E-state index in [9.17, 15) is 39.3 Å². The number of cyclic esters (lactones) is 1. The first-order chi connectivity index (χ1) is 34.4. The van der Waals surface area contributed by atoms with Crippen molar-refractivity contribution < 1.29 is 58.2 Å². The maximum absolute atomic E-state index is 14.5. The van der Waals surface area contributed by atoms with E-state index in [1.54, 1.807) is 59.9 Å². The molecule has 18 heteroatoms. The standard InChI is InChI=1S/C55H88N6O12/c1-32-17-13-12-14-18-33(2)40(31-58-53(56)59-54(57)60(8)9)29-41-22-20-38(7)55(69,73-41)50(66)51(67)61-24-16-15-19-42(61)52(68)72-45(35(4)27-39-21-23-43(62)46(28-39)70-10)30-44(63)34(3)26-37(6)48(65)49(71-11)47(64)36(5)25-32/h12-14,17-18,26,32,34-36,38-43,45-46,48-49,62,65,69H,15-16,19-25,27-31H2,1-11H3,(H4,56,57,58,59)/b14-12+,17-13+,33-18+,37-26+/t32-,34-,35-,36-,38-,39+,40?,41+,42+,43-,45+,46-,48-,49+,55-/m1/s1. The Kier molecular flexibility index (Phi) is 23.7. The fraction of sp³-hybridized carbons (Fsp3) is 0.727. The molecule has 73 heavy (non-hydrogen) atoms. The van der Waals surface area contributed by atoms with Crippen molar-refractivity contribution in [3.8, 4) is 0 Å². The maximum atomic E-state index is 14.5. The van der Waals surface area contributed by atoms with Crippen molar-refractivity contribution in [3.63, 3.8) is 0 Å². The Labute approximate surface area is 433 Å². The van der Waals surface area contributed by atoms with Crippen molar-refractivity contribution in [2.24, 2.45) is 62.9 Å². The topological polar surface area (TPSA) is 266 Å². The molecule has 4 rings (SSSR count). The van der Waals surface area contributed by atoms with Gasteiger partial charge in [-0.15, -0.1) is 0 Å². The molecule has 4 aliphatic rings. The van der Waals surface area contributed by atoms with Crippen LogP contribution in [-0.2, 0) is 42.9 Å². The van der Waals surface area contributed by atoms with E-state index in [1.807, 2.05) is 51.2 Å². The van der Waals surface area contributed by atoms with Gasteiger partial charge in [0.2, 0.25) is 11.7 Å². The average Bonchev–Trinajstić information content (AvgIpc) is 3.35. The van der Waals surface area contributed by atoms with Gasteiger partial charge in [0, 0.05) is 71.5 Å². The molecule has 1 unspecified atom stereocenters. The van der Waals surface area contributed by atoms with Gasteiger partial charge in [0.15, 0.2) is 11.7 Å². The fourth-order valence-electron chi connectivity index (χ4n) is 10.6. The highest BCUT2D eigenvalue weighted by atomic mass is 16.6. The largest absolute Gasteiger partial charge is 0.460 e. The third-order valence-electron chi connectivity index (χ3n) is 15.6. The maximum Gasteiger partial charge on any atom is 0.329 e. The summed E-state index contributed by atoms with van der Waals surface area (Å²) in [5.74, 6) is -8.54. The van der Waals surface area contributed by atoms with E-state index in [-0.39, 0.29) is 79.2 Å². The van der Waals surface area contributed by atoms with Gasteiger partial charge in [-0.25, -0.2) is 4.79 Å². The smallest absolute Gasteiger partial charge is 0.329 e. The molecule has 0 spiro atoms. The zero-order chi connectivity index (χ0) is 54.3. The molecule has 2 saturated heterocycles. The van der Waals surface area contributed by atoms with Gasteiger partial charge in [-0.3, -0.25) is 24.2 Å². The molecule has 1 aliphatic carbocycles. The molecular formula is C55H88N6O12. The Balaban J connectivity index is 1.75. The van der Waals surface area contributed by atoms with E-state index in [0.29, 0.717) is 69.8 Å². The second-order valence-corrected chi connectivity index (χ2v) is 21.6. The van der Waals surface area contributed by atoms with Gasteiger partial charge >= 0.3 is 5.97 Å². The van der Waals surface area contributed by atoms with Crippen LogP contribution in [0.3, 0.4) is 0 Å². The second-order valence-electron chi connectivity index (χ2n) is 21.6. The number of piperidine rings is 1. The minimum Gasteiger partial charge on any atom is -0.460 e. The molecule has 1 saturated carbocycles. The van der Waals surface area contributed by atoms with Crippen molar-refractivity contribution in [2.75, 3.05) is 41.4 Å². The number of hydrogen-bond donors (Lipinski definition) is 5. The van der Waals surface area contributed by atoms with E-state index in [4.69, 9.17) is 30.4 Å². The molecule has 2 bridgehead atoms. The lowest BCUT2D eigenvalue weighted by Crippen LogP contribution is -2.60. The van der Waals surface area contributed by atoms with E-state index in [2.05, 4.69) is 9.98 Å². The predicted octanol–water partition coefficient (Wildman–Crippen LogP) is 4.97. The van der Waals surface area contributed by atoms with Gasteiger partial charge in [-0.1, -0.05) is 76.6 Å². The highest BCUT2D eigenvalue weighted by molar-refractivity contribution is 6.39. The minimum atomic E-state index is -2.50. The minimum absolute atomic E-state index is 0.0238. The number of allylic oxidation sites excluding steroid dienone is 6. The lowest BCUT2D eigenvalue weighted by Gasteiger charge is -2.43. The number of aliphatic hydroxyl groups excluding tert-OH is 2. The average molecular weight is 1030 g/mol. The molecule has 3 aliphatic heterocycles. The summed E-state index contributed by atoms with van der Waals surface area (Å²) in [4.78, 5) is 82.9. The van der Waals surface area contributed by atoms with Crippen LogP contribution < -0.4 is 11.5 Å². The van der Waals surface area contributed by atoms with Crippen LogP contribution in [-0.4, -0.2) is 156 Å². The highest BCUT2D eigenvalue weighted by Gasteiger charge is 2.53. The number of esters is 1. The SMILES string of the molecule is CO[C@@H]1C[C@H](C[C@@H](C)[C@@H]2CC(=O)[C@H](C)/C=C(\C)[C@@H](O)[C@@H](OC)C(=O)[C@H](C)C[C@H](C)/C=C/C=C/C=C(\C)C(CN=C(N)N=C(N)N(C)C)C[C@@H]3CC[C@@H](C)[C@@](O)(O3)C(=O)C(=O)N3CCCC[C@H]3C(=O)O2)CC[C@H]1O. The summed E-state index contributed by atoms with van der Waals surface area (Å²) in [6.45, 7) is 12.8. The molecule has 18 nitrogen and oxygen atoms in total. The number of rotatable bonds is 7. The van der Waals surface area contributed by atoms with E-state index in [0.717, 1.165) is 5.57 Å². The highest BCUT2D eigenvalue weighted by Crippen LogP contribution is 2.38. The molecule has 0 aromatic rings. The zero-order valence-electron chi connectivity index (χ0n) is 45.4. The first-order valence-electron chi connectivity index (χ1n) is 26.4. The van der Waals surface area contributed by atoms with Crippen LogP contribution in [0.4, 0.5) is 0 Å². The molecule has 15 atom stereocenters. The fourth-order valence-corrected chi connectivity index (χ4v) is 10.6. The molecule has 410 valence electrons. The van der Waals surface area contributed by atoms with Gasteiger partial charge in [0.25, 0.3) is 11.7 Å². The van der Waals surface area contributed by atoms with E-state index >= 15 is 0 Å². The number of ether oxygens (including phenoxy) is 4. The third-order valence-corrected chi connectivity index (χ3v) is 15.6. The molecule has 7 N–H and O–H groups in total. The van der Waals surface area contributed by atoms with Crippen molar-refractivity contribution >= 4 is 41.1 Å². The van der Waals surface area contributed by atoms with Crippen LogP contribution in [0.5, 0.6) is 0 Å². The van der Waals surface area contributed by atoms with Crippen LogP contribution in [0.2, 0.25) is 0 Å². The van der Waals surface area contributed by atoms with E-state index < -0.39 is 77.8 Å². The van der Waals surface area contributed by atoms with Crippen LogP contribution in [0.15, 0.2) is 57.6 Å². The Hall–Kier alpha value is -4.59. The van der Waals surface area contributed by atoms with Gasteiger partial charge in [-0.2, -0.15) is 4.99 Å². The summed E-state index contributed by atoms with van der Waals surface area (Å²) in [5.41, 5.74) is 13.4. The van der Waals surface area contributed by atoms with Crippen molar-refractivity contribution in [1.82, 2.24) is 9.80 Å². The van der Waals surface area contributed by atoms with E-state index in [1.165, 1.54) is 12.0 Å². The van der Waals surface area contributed by atoms with Crippen LogP contribution >= 0.6 is 0 Å². The number of carbonyl (C=O) groups is 5. The summed E-state index contributed by atoms with van der Waals surface area (Å²) in [7, 11) is 6.38. The van der Waals surface area contributed by atoms with Crippen molar-refractivity contribution in [3.05, 3.63) is 47.6 Å². The lowest BCUT2D eigenvalue weighted by atomic mass is 9.78. The number of Topliss-reactive ketones (excluding diaryl/α,β-unsaturated/α-hetero) is 3. The number of amides is 1. The van der Waals surface area contributed by atoms with Crippen LogP contribution in [0.1, 0.15) is 126 Å². The quantitative estimate of drug-likeness (QED) is 0.0741. The zero-order valence-corrected chi connectivity index (χ0v) is 45.4. The molecule has 3 fully saturated rings. The first kappa shape index (κ1) is 61.0. The third kappa shape index (κ3) is 17.0. The van der Waals surface area contributed by atoms with Gasteiger partial charge < -0.3 is 55.5 Å². The molecule has 1 amide bonds. The predicted molar refractivity (Wildman–Crippen MR) is 280 cm³/mol. The van der Waals surface area contributed by atoms with Crippen LogP contribution in [0.25, 0.3) is 0 Å². The second kappa shape index (κ2) is 28.3. The number of carbonyl (C=O) groups excluding carboxylic acids is 5. The Bertz CT molecular complexity index is 2090. The number of aliphatic imine (C=N–C) groups is 2. The van der Waals surface area contributed by atoms with Gasteiger partial charge in [0.05, 0.1) is 18.3 Å². The number of nitrogens with zero attached hydrogens (tertiary/aromatic N) is 4. The van der Waals surface area contributed by atoms with Crippen molar-refractivity contribution in [1.29, 1.82) is 0 Å². The Morgan fingerprint density at radius 2 is 1.63 bits per heavy atom. The molecule has 0 radical (unpaired) electrons. The molecule has 0 aromatic heterocycles. The Morgan fingerprint density at radius 1 is 0.918 bits per heavy atom. The number of aliphatic hydroxyl groups is 3. The number of fused-ring (bicyclic) bond motifs is 3. The molecule has 0 aromatic carbocycles. The molecule has 3 heterocycles. The number of guanidine groups is 2. The number of ketones is 3. The summed E-state index contributed by atoms with van der Waals surface area (Å²) in [6, 6.07) is -1.18. The normalized spacial score (nSPS) is 37.8. The lowest BCUT2D eigenvalue weighted by molar-refractivity contribution is -0.264. The summed E-state index contributed by atoms with van der Waals surface area (Å²) >= 11 is 0. The van der Waals surface area contributed by atoms with Crippen LogP contribution in [0, 0.1) is 41.4 Å².